The number of halogens is 1. The average molecular weight is 447 g/mol. The predicted molar refractivity (Wildman–Crippen MR) is 127 cm³/mol. The summed E-state index contributed by atoms with van der Waals surface area (Å²) in [6.45, 7) is 6.62. The molecular weight excluding hydrogens is 419 g/mol. The number of likely N-dealkylation sites (tertiary alicyclic amines) is 1. The molecule has 0 aliphatic carbocycles. The second-order valence-electron chi connectivity index (χ2n) is 8.10. The quantitative estimate of drug-likeness (QED) is 0.323. The standard InChI is InChI=1S/C27H27FN2O3/c1-3-29(4-2)16-17-30-24(19-12-14-20(28)15-13-19)23(26(32)27(30)33)25(31)22-11-7-9-18-8-5-6-10-21(18)22/h5-15,24,31H,3-4,16-17H2,1-2H3/b25-23-. The number of hydrogen-bond acceptors (Lipinski definition) is 4. The first kappa shape index (κ1) is 22.7. The first-order chi connectivity index (χ1) is 16.0. The molecule has 4 rings (SSSR count). The van der Waals surface area contributed by atoms with Crippen molar-refractivity contribution < 1.29 is 19.1 Å². The lowest BCUT2D eigenvalue weighted by Crippen LogP contribution is -2.38. The molecule has 1 atom stereocenters. The van der Waals surface area contributed by atoms with Crippen molar-refractivity contribution in [2.45, 2.75) is 19.9 Å². The van der Waals surface area contributed by atoms with Gasteiger partial charge in [0.15, 0.2) is 0 Å². The molecule has 0 radical (unpaired) electrons. The van der Waals surface area contributed by atoms with Crippen molar-refractivity contribution in [3.8, 4) is 0 Å². The Bertz CT molecular complexity index is 1210. The molecule has 0 spiro atoms. The largest absolute Gasteiger partial charge is 0.507 e. The van der Waals surface area contributed by atoms with Crippen LogP contribution in [0.4, 0.5) is 4.39 Å². The first-order valence-corrected chi connectivity index (χ1v) is 11.2. The van der Waals surface area contributed by atoms with E-state index in [1.807, 2.05) is 44.2 Å². The van der Waals surface area contributed by atoms with Crippen molar-refractivity contribution >= 4 is 28.2 Å². The van der Waals surface area contributed by atoms with Crippen molar-refractivity contribution in [3.05, 3.63) is 89.2 Å². The molecule has 33 heavy (non-hydrogen) atoms. The summed E-state index contributed by atoms with van der Waals surface area (Å²) in [6.07, 6.45) is 0. The fourth-order valence-corrected chi connectivity index (χ4v) is 4.47. The molecular formula is C27H27FN2O3. The van der Waals surface area contributed by atoms with Crippen molar-refractivity contribution in [1.82, 2.24) is 9.80 Å². The molecule has 0 aromatic heterocycles. The number of nitrogens with zero attached hydrogens (tertiary/aromatic N) is 2. The van der Waals surface area contributed by atoms with Gasteiger partial charge in [0.1, 0.15) is 11.6 Å². The molecule has 3 aromatic carbocycles. The van der Waals surface area contributed by atoms with Gasteiger partial charge >= 0.3 is 0 Å². The zero-order valence-electron chi connectivity index (χ0n) is 18.8. The second-order valence-corrected chi connectivity index (χ2v) is 8.10. The van der Waals surface area contributed by atoms with Gasteiger partial charge in [0.05, 0.1) is 11.6 Å². The Kier molecular flexibility index (Phi) is 6.56. The number of hydrogen-bond donors (Lipinski definition) is 1. The van der Waals surface area contributed by atoms with Gasteiger partial charge < -0.3 is 14.9 Å². The Balaban J connectivity index is 1.86. The Hall–Kier alpha value is -3.51. The van der Waals surface area contributed by atoms with Gasteiger partial charge in [-0.15, -0.1) is 0 Å². The van der Waals surface area contributed by atoms with Crippen LogP contribution in [-0.2, 0) is 9.59 Å². The van der Waals surface area contributed by atoms with E-state index in [1.54, 1.807) is 24.3 Å². The van der Waals surface area contributed by atoms with E-state index in [0.29, 0.717) is 24.2 Å². The minimum atomic E-state index is -0.792. The number of ketones is 1. The molecule has 1 amide bonds. The molecule has 1 aliphatic rings. The van der Waals surface area contributed by atoms with Crippen molar-refractivity contribution in [3.63, 3.8) is 0 Å². The van der Waals surface area contributed by atoms with Crippen LogP contribution in [0.25, 0.3) is 16.5 Å². The highest BCUT2D eigenvalue weighted by Gasteiger charge is 2.46. The monoisotopic (exact) mass is 446 g/mol. The molecule has 5 nitrogen and oxygen atoms in total. The lowest BCUT2D eigenvalue weighted by molar-refractivity contribution is -0.140. The van der Waals surface area contributed by atoms with Gasteiger partial charge in [-0.1, -0.05) is 68.4 Å². The van der Waals surface area contributed by atoms with Crippen LogP contribution in [0.3, 0.4) is 0 Å². The van der Waals surface area contributed by atoms with Crippen LogP contribution in [0, 0.1) is 5.82 Å². The summed E-state index contributed by atoms with van der Waals surface area (Å²) in [5, 5.41) is 13.1. The zero-order valence-corrected chi connectivity index (χ0v) is 18.8. The third-order valence-corrected chi connectivity index (χ3v) is 6.32. The molecule has 1 unspecified atom stereocenters. The van der Waals surface area contributed by atoms with Crippen LogP contribution < -0.4 is 0 Å². The molecule has 1 aliphatic heterocycles. The van der Waals surface area contributed by atoms with Crippen molar-refractivity contribution in [2.24, 2.45) is 0 Å². The molecule has 1 fully saturated rings. The summed E-state index contributed by atoms with van der Waals surface area (Å²) in [5.41, 5.74) is 1.10. The van der Waals surface area contributed by atoms with Crippen LogP contribution in [0.15, 0.2) is 72.3 Å². The average Bonchev–Trinajstić information content (AvgIpc) is 3.09. The number of aliphatic hydroxyl groups is 1. The van der Waals surface area contributed by atoms with E-state index in [-0.39, 0.29) is 11.3 Å². The lowest BCUT2D eigenvalue weighted by atomic mass is 9.93. The number of likely N-dealkylation sites (N-methyl/N-ethyl adjacent to an activating group) is 1. The number of aliphatic hydroxyl groups excluding tert-OH is 1. The van der Waals surface area contributed by atoms with Gasteiger partial charge in [0.25, 0.3) is 11.7 Å². The van der Waals surface area contributed by atoms with Gasteiger partial charge in [0, 0.05) is 18.7 Å². The number of carbonyl (C=O) groups is 2. The topological polar surface area (TPSA) is 60.9 Å². The Labute approximate surface area is 192 Å². The van der Waals surface area contributed by atoms with Crippen molar-refractivity contribution in [2.75, 3.05) is 26.2 Å². The molecule has 1 saturated heterocycles. The molecule has 170 valence electrons. The third-order valence-electron chi connectivity index (χ3n) is 6.32. The molecule has 1 heterocycles. The summed E-state index contributed by atoms with van der Waals surface area (Å²) >= 11 is 0. The summed E-state index contributed by atoms with van der Waals surface area (Å²) in [6, 6.07) is 18.0. The number of carbonyl (C=O) groups excluding carboxylic acids is 2. The van der Waals surface area contributed by atoms with Crippen LogP contribution in [-0.4, -0.2) is 52.8 Å². The Morgan fingerprint density at radius 1 is 0.970 bits per heavy atom. The Morgan fingerprint density at radius 3 is 2.33 bits per heavy atom. The predicted octanol–water partition coefficient (Wildman–Crippen LogP) is 4.74. The van der Waals surface area contributed by atoms with Crippen LogP contribution in [0.1, 0.15) is 31.0 Å². The van der Waals surface area contributed by atoms with Gasteiger partial charge in [-0.2, -0.15) is 0 Å². The Morgan fingerprint density at radius 2 is 1.64 bits per heavy atom. The summed E-state index contributed by atoms with van der Waals surface area (Å²) < 4.78 is 13.6. The van der Waals surface area contributed by atoms with Crippen LogP contribution in [0.5, 0.6) is 0 Å². The van der Waals surface area contributed by atoms with E-state index in [0.717, 1.165) is 23.9 Å². The summed E-state index contributed by atoms with van der Waals surface area (Å²) in [7, 11) is 0. The molecule has 0 bridgehead atoms. The van der Waals surface area contributed by atoms with Gasteiger partial charge in [-0.25, -0.2) is 4.39 Å². The van der Waals surface area contributed by atoms with Gasteiger partial charge in [0.2, 0.25) is 0 Å². The number of amides is 1. The summed E-state index contributed by atoms with van der Waals surface area (Å²) in [5.74, 6) is -2.01. The molecule has 6 heteroatoms. The fraction of sp³-hybridized carbons (Fsp3) is 0.259. The second kappa shape index (κ2) is 9.55. The van der Waals surface area contributed by atoms with Crippen LogP contribution in [0.2, 0.25) is 0 Å². The number of fused-ring (bicyclic) bond motifs is 1. The van der Waals surface area contributed by atoms with Gasteiger partial charge in [-0.05, 0) is 41.6 Å². The van der Waals surface area contributed by atoms with E-state index in [4.69, 9.17) is 0 Å². The van der Waals surface area contributed by atoms with E-state index in [2.05, 4.69) is 4.90 Å². The molecule has 1 N–H and O–H groups in total. The smallest absolute Gasteiger partial charge is 0.295 e. The van der Waals surface area contributed by atoms with Gasteiger partial charge in [-0.3, -0.25) is 9.59 Å². The SMILES string of the molecule is CCN(CC)CCN1C(=O)C(=O)/C(=C(\O)c2cccc3ccccc23)C1c1ccc(F)cc1. The molecule has 3 aromatic rings. The highest BCUT2D eigenvalue weighted by molar-refractivity contribution is 6.46. The maximum absolute atomic E-state index is 13.6. The minimum Gasteiger partial charge on any atom is -0.507 e. The fourth-order valence-electron chi connectivity index (χ4n) is 4.47. The third kappa shape index (κ3) is 4.26. The maximum Gasteiger partial charge on any atom is 0.295 e. The van der Waals surface area contributed by atoms with E-state index in [1.165, 1.54) is 17.0 Å². The van der Waals surface area contributed by atoms with Crippen LogP contribution >= 0.6 is 0 Å². The number of benzene rings is 3. The summed E-state index contributed by atoms with van der Waals surface area (Å²) in [4.78, 5) is 29.9. The van der Waals surface area contributed by atoms with E-state index in [9.17, 15) is 19.1 Å². The first-order valence-electron chi connectivity index (χ1n) is 11.2. The van der Waals surface area contributed by atoms with Crippen molar-refractivity contribution in [1.29, 1.82) is 0 Å². The lowest BCUT2D eigenvalue weighted by Gasteiger charge is -2.28. The highest BCUT2D eigenvalue weighted by atomic mass is 19.1. The number of rotatable bonds is 7. The van der Waals surface area contributed by atoms with E-state index < -0.39 is 23.5 Å². The normalized spacial score (nSPS) is 17.9. The zero-order chi connectivity index (χ0) is 23.5. The molecule has 0 saturated carbocycles. The van der Waals surface area contributed by atoms with E-state index >= 15 is 0 Å². The highest BCUT2D eigenvalue weighted by Crippen LogP contribution is 2.40. The number of Topliss-reactive ketones (excluding diaryl/α,β-unsaturated/α-hetero) is 1. The maximum atomic E-state index is 13.6. The minimum absolute atomic E-state index is 0.0301.